The largest absolute Gasteiger partial charge is 0.326 e. The van der Waals surface area contributed by atoms with E-state index in [1.807, 2.05) is 56.3 Å². The van der Waals surface area contributed by atoms with Crippen molar-refractivity contribution in [3.63, 3.8) is 0 Å². The van der Waals surface area contributed by atoms with Gasteiger partial charge in [0.25, 0.3) is 0 Å². The molecule has 0 spiro atoms. The molecule has 3 heteroatoms. The Morgan fingerprint density at radius 3 is 2.47 bits per heavy atom. The summed E-state index contributed by atoms with van der Waals surface area (Å²) in [4.78, 5) is 12.2. The summed E-state index contributed by atoms with van der Waals surface area (Å²) in [7, 11) is 0. The molecular formula is C16H16ClNO. The summed E-state index contributed by atoms with van der Waals surface area (Å²) in [5.74, 6) is -0.229. The molecule has 0 heterocycles. The minimum atomic E-state index is -0.193. The Balaban J connectivity index is 2.10. The van der Waals surface area contributed by atoms with E-state index in [1.165, 1.54) is 0 Å². The van der Waals surface area contributed by atoms with Crippen molar-refractivity contribution in [1.29, 1.82) is 0 Å². The fraction of sp³-hybridized carbons (Fsp3) is 0.188. The zero-order chi connectivity index (χ0) is 13.8. The van der Waals surface area contributed by atoms with Crippen LogP contribution in [-0.4, -0.2) is 5.91 Å². The Morgan fingerprint density at radius 2 is 1.84 bits per heavy atom. The van der Waals surface area contributed by atoms with Crippen molar-refractivity contribution >= 4 is 23.2 Å². The number of aryl methyl sites for hydroxylation is 1. The van der Waals surface area contributed by atoms with Gasteiger partial charge >= 0.3 is 0 Å². The predicted molar refractivity (Wildman–Crippen MR) is 79.7 cm³/mol. The van der Waals surface area contributed by atoms with Crippen LogP contribution in [0.15, 0.2) is 48.5 Å². The lowest BCUT2D eigenvalue weighted by Crippen LogP contribution is -2.18. The fourth-order valence-electron chi connectivity index (χ4n) is 1.81. The molecule has 19 heavy (non-hydrogen) atoms. The number of rotatable bonds is 3. The highest BCUT2D eigenvalue weighted by Gasteiger charge is 2.15. The number of benzene rings is 2. The first kappa shape index (κ1) is 13.6. The second kappa shape index (κ2) is 5.89. The van der Waals surface area contributed by atoms with Crippen molar-refractivity contribution in [3.05, 3.63) is 64.7 Å². The van der Waals surface area contributed by atoms with Crippen LogP contribution in [0.2, 0.25) is 5.02 Å². The predicted octanol–water partition coefficient (Wildman–Crippen LogP) is 4.39. The van der Waals surface area contributed by atoms with Crippen molar-refractivity contribution in [2.45, 2.75) is 19.8 Å². The van der Waals surface area contributed by atoms with Gasteiger partial charge in [-0.15, -0.1) is 0 Å². The van der Waals surface area contributed by atoms with Gasteiger partial charge in [-0.05, 0) is 37.1 Å². The van der Waals surface area contributed by atoms with E-state index < -0.39 is 0 Å². The Bertz CT molecular complexity index is 581. The molecular weight excluding hydrogens is 258 g/mol. The van der Waals surface area contributed by atoms with Crippen molar-refractivity contribution in [3.8, 4) is 0 Å². The SMILES string of the molecule is Cc1ccc(NC(=O)[C@@H](C)c2ccccc2)cc1Cl. The third-order valence-corrected chi connectivity index (χ3v) is 3.54. The number of amides is 1. The van der Waals surface area contributed by atoms with Gasteiger partial charge in [0.15, 0.2) is 0 Å². The molecule has 2 aromatic rings. The normalized spacial score (nSPS) is 11.9. The molecule has 0 aliphatic rings. The van der Waals surface area contributed by atoms with Gasteiger partial charge in [-0.2, -0.15) is 0 Å². The molecule has 0 bridgehead atoms. The molecule has 0 unspecified atom stereocenters. The van der Waals surface area contributed by atoms with E-state index in [4.69, 9.17) is 11.6 Å². The maximum Gasteiger partial charge on any atom is 0.231 e. The van der Waals surface area contributed by atoms with Crippen LogP contribution in [0.1, 0.15) is 24.0 Å². The van der Waals surface area contributed by atoms with E-state index in [2.05, 4.69) is 5.32 Å². The van der Waals surface area contributed by atoms with Gasteiger partial charge < -0.3 is 5.32 Å². The fourth-order valence-corrected chi connectivity index (χ4v) is 1.99. The lowest BCUT2D eigenvalue weighted by molar-refractivity contribution is -0.117. The molecule has 2 nitrogen and oxygen atoms in total. The number of halogens is 1. The third kappa shape index (κ3) is 3.36. The van der Waals surface area contributed by atoms with Gasteiger partial charge in [-0.3, -0.25) is 4.79 Å². The minimum Gasteiger partial charge on any atom is -0.326 e. The van der Waals surface area contributed by atoms with E-state index in [9.17, 15) is 4.79 Å². The van der Waals surface area contributed by atoms with Crippen molar-refractivity contribution in [2.24, 2.45) is 0 Å². The van der Waals surface area contributed by atoms with E-state index in [0.717, 1.165) is 16.8 Å². The lowest BCUT2D eigenvalue weighted by atomic mass is 10.0. The summed E-state index contributed by atoms with van der Waals surface area (Å²) >= 11 is 6.04. The van der Waals surface area contributed by atoms with Gasteiger partial charge in [0.1, 0.15) is 0 Å². The first-order chi connectivity index (χ1) is 9.08. The number of hydrogen-bond acceptors (Lipinski definition) is 1. The monoisotopic (exact) mass is 273 g/mol. The average molecular weight is 274 g/mol. The Morgan fingerprint density at radius 1 is 1.16 bits per heavy atom. The summed E-state index contributed by atoms with van der Waals surface area (Å²) < 4.78 is 0. The van der Waals surface area contributed by atoms with Crippen LogP contribution in [-0.2, 0) is 4.79 Å². The molecule has 1 N–H and O–H groups in total. The van der Waals surface area contributed by atoms with Crippen LogP contribution in [0.25, 0.3) is 0 Å². The molecule has 0 aliphatic heterocycles. The molecule has 2 rings (SSSR count). The highest BCUT2D eigenvalue weighted by Crippen LogP contribution is 2.22. The smallest absolute Gasteiger partial charge is 0.231 e. The number of hydrogen-bond donors (Lipinski definition) is 1. The topological polar surface area (TPSA) is 29.1 Å². The molecule has 0 saturated heterocycles. The van der Waals surface area contributed by atoms with E-state index in [-0.39, 0.29) is 11.8 Å². The van der Waals surface area contributed by atoms with Crippen molar-refractivity contribution in [1.82, 2.24) is 0 Å². The van der Waals surface area contributed by atoms with Gasteiger partial charge in [0.05, 0.1) is 5.92 Å². The maximum absolute atomic E-state index is 12.2. The molecule has 0 radical (unpaired) electrons. The number of anilines is 1. The summed E-state index contributed by atoms with van der Waals surface area (Å²) in [5.41, 5.74) is 2.72. The van der Waals surface area contributed by atoms with E-state index in [1.54, 1.807) is 6.07 Å². The van der Waals surface area contributed by atoms with Crippen LogP contribution in [0.4, 0.5) is 5.69 Å². The molecule has 98 valence electrons. The van der Waals surface area contributed by atoms with Gasteiger partial charge in [0.2, 0.25) is 5.91 Å². The zero-order valence-electron chi connectivity index (χ0n) is 11.0. The number of carbonyl (C=O) groups is 1. The highest BCUT2D eigenvalue weighted by molar-refractivity contribution is 6.31. The Hall–Kier alpha value is -1.80. The lowest BCUT2D eigenvalue weighted by Gasteiger charge is -2.13. The summed E-state index contributed by atoms with van der Waals surface area (Å²) in [6, 6.07) is 15.2. The van der Waals surface area contributed by atoms with Crippen LogP contribution in [0, 0.1) is 6.92 Å². The standard InChI is InChI=1S/C16H16ClNO/c1-11-8-9-14(10-15(11)17)18-16(19)12(2)13-6-4-3-5-7-13/h3-10,12H,1-2H3,(H,18,19)/t12-/m0/s1. The molecule has 1 atom stereocenters. The molecule has 2 aromatic carbocycles. The third-order valence-electron chi connectivity index (χ3n) is 3.13. The summed E-state index contributed by atoms with van der Waals surface area (Å²) in [6.45, 7) is 3.82. The summed E-state index contributed by atoms with van der Waals surface area (Å²) in [5, 5.41) is 3.54. The number of carbonyl (C=O) groups excluding carboxylic acids is 1. The Kier molecular flexibility index (Phi) is 4.23. The molecule has 0 aliphatic carbocycles. The minimum absolute atomic E-state index is 0.0360. The Labute approximate surface area is 118 Å². The van der Waals surface area contributed by atoms with Gasteiger partial charge in [-0.25, -0.2) is 0 Å². The number of nitrogens with one attached hydrogen (secondary N) is 1. The van der Waals surface area contributed by atoms with Crippen molar-refractivity contribution < 1.29 is 4.79 Å². The highest BCUT2D eigenvalue weighted by atomic mass is 35.5. The quantitative estimate of drug-likeness (QED) is 0.883. The van der Waals surface area contributed by atoms with Gasteiger partial charge in [-0.1, -0.05) is 48.0 Å². The molecule has 0 fully saturated rings. The van der Waals surface area contributed by atoms with Crippen LogP contribution in [0.5, 0.6) is 0 Å². The second-order valence-electron chi connectivity index (χ2n) is 4.59. The zero-order valence-corrected chi connectivity index (χ0v) is 11.7. The van der Waals surface area contributed by atoms with E-state index >= 15 is 0 Å². The van der Waals surface area contributed by atoms with E-state index in [0.29, 0.717) is 5.02 Å². The van der Waals surface area contributed by atoms with Crippen LogP contribution >= 0.6 is 11.6 Å². The molecule has 0 saturated carbocycles. The summed E-state index contributed by atoms with van der Waals surface area (Å²) in [6.07, 6.45) is 0. The second-order valence-corrected chi connectivity index (χ2v) is 4.99. The molecule has 1 amide bonds. The van der Waals surface area contributed by atoms with Crippen molar-refractivity contribution in [2.75, 3.05) is 5.32 Å². The maximum atomic E-state index is 12.2. The first-order valence-electron chi connectivity index (χ1n) is 6.20. The molecule has 0 aromatic heterocycles. The average Bonchev–Trinajstić information content (AvgIpc) is 2.43. The van der Waals surface area contributed by atoms with Crippen LogP contribution < -0.4 is 5.32 Å². The van der Waals surface area contributed by atoms with Crippen LogP contribution in [0.3, 0.4) is 0 Å². The van der Waals surface area contributed by atoms with Gasteiger partial charge in [0, 0.05) is 10.7 Å². The first-order valence-corrected chi connectivity index (χ1v) is 6.57.